The molecule has 1 fully saturated rings. The Morgan fingerprint density at radius 3 is 2.29 bits per heavy atom. The lowest BCUT2D eigenvalue weighted by molar-refractivity contribution is -0.385. The maximum absolute atomic E-state index is 12.8. The lowest BCUT2D eigenvalue weighted by Gasteiger charge is -2.12. The smallest absolute Gasteiger partial charge is 0.295 e. The fraction of sp³-hybridized carbons (Fsp3) is 0.150. The maximum Gasteiger partial charge on any atom is 0.328 e. The first-order chi connectivity index (χ1) is 14.7. The van der Waals surface area contributed by atoms with E-state index in [0.717, 1.165) is 25.8 Å². The second kappa shape index (κ2) is 7.96. The number of aryl methyl sites for hydroxylation is 2. The van der Waals surface area contributed by atoms with Gasteiger partial charge in [-0.15, -0.1) is 0 Å². The summed E-state index contributed by atoms with van der Waals surface area (Å²) in [6.45, 7) is 0.118. The molecule has 1 aromatic heterocycles. The average Bonchev–Trinajstić information content (AvgIpc) is 3.11. The van der Waals surface area contributed by atoms with Gasteiger partial charge in [-0.25, -0.2) is 4.79 Å². The van der Waals surface area contributed by atoms with Crippen LogP contribution in [0.5, 0.6) is 0 Å². The zero-order valence-electron chi connectivity index (χ0n) is 16.4. The van der Waals surface area contributed by atoms with E-state index in [1.165, 1.54) is 34.4 Å². The van der Waals surface area contributed by atoms with Crippen LogP contribution in [0.15, 0.2) is 46.1 Å². The van der Waals surface area contributed by atoms with Crippen LogP contribution in [-0.4, -0.2) is 30.1 Å². The van der Waals surface area contributed by atoms with Gasteiger partial charge in [0.25, 0.3) is 16.8 Å². The minimum absolute atomic E-state index is 0.0962. The molecule has 3 aromatic rings. The Morgan fingerprint density at radius 1 is 1.06 bits per heavy atom. The van der Waals surface area contributed by atoms with E-state index in [2.05, 4.69) is 22.6 Å². The van der Waals surface area contributed by atoms with Gasteiger partial charge in [0.05, 0.1) is 33.0 Å². The van der Waals surface area contributed by atoms with Crippen LogP contribution in [-0.2, 0) is 25.4 Å². The monoisotopic (exact) mass is 550 g/mol. The highest BCUT2D eigenvalue weighted by Gasteiger charge is 2.35. The van der Waals surface area contributed by atoms with Crippen LogP contribution < -0.4 is 5.69 Å². The number of nitro benzene ring substituents is 1. The van der Waals surface area contributed by atoms with Gasteiger partial charge in [0.1, 0.15) is 0 Å². The summed E-state index contributed by atoms with van der Waals surface area (Å²) in [6.07, 6.45) is 1.34. The molecule has 9 nitrogen and oxygen atoms in total. The number of rotatable bonds is 4. The fourth-order valence-electron chi connectivity index (χ4n) is 3.37. The number of imide groups is 1. The number of halogens is 1. The number of hydrogen-bond donors (Lipinski definition) is 0. The number of aromatic nitrogens is 2. The van der Waals surface area contributed by atoms with Gasteiger partial charge in [-0.3, -0.25) is 33.7 Å². The predicted octanol–water partition coefficient (Wildman–Crippen LogP) is 3.63. The van der Waals surface area contributed by atoms with Crippen molar-refractivity contribution in [3.8, 4) is 0 Å². The van der Waals surface area contributed by atoms with Crippen molar-refractivity contribution in [2.45, 2.75) is 6.54 Å². The highest BCUT2D eigenvalue weighted by Crippen LogP contribution is 2.36. The Kier molecular flexibility index (Phi) is 5.47. The molecule has 1 saturated heterocycles. The molecular formula is C20H15IN4O5S. The number of amides is 2. The van der Waals surface area contributed by atoms with Crippen molar-refractivity contribution in [2.75, 3.05) is 0 Å². The molecule has 1 aliphatic rings. The van der Waals surface area contributed by atoms with E-state index < -0.39 is 16.1 Å². The van der Waals surface area contributed by atoms with E-state index in [9.17, 15) is 24.5 Å². The molecule has 2 aromatic carbocycles. The Morgan fingerprint density at radius 2 is 1.68 bits per heavy atom. The van der Waals surface area contributed by atoms with E-state index in [1.54, 1.807) is 7.05 Å². The summed E-state index contributed by atoms with van der Waals surface area (Å²) in [5.74, 6) is -0.509. The number of carbonyl (C=O) groups is 2. The topological polar surface area (TPSA) is 107 Å². The summed E-state index contributed by atoms with van der Waals surface area (Å²) in [5.41, 5.74) is 1.28. The van der Waals surface area contributed by atoms with Crippen LogP contribution in [0.3, 0.4) is 0 Å². The van der Waals surface area contributed by atoms with E-state index in [-0.39, 0.29) is 28.4 Å². The van der Waals surface area contributed by atoms with E-state index in [1.807, 2.05) is 24.3 Å². The minimum atomic E-state index is -0.571. The summed E-state index contributed by atoms with van der Waals surface area (Å²) in [5, 5.41) is 11.2. The lowest BCUT2D eigenvalue weighted by Crippen LogP contribution is -2.27. The highest BCUT2D eigenvalue weighted by molar-refractivity contribution is 14.1. The van der Waals surface area contributed by atoms with Gasteiger partial charge in [0.2, 0.25) is 0 Å². The van der Waals surface area contributed by atoms with Crippen LogP contribution >= 0.6 is 34.4 Å². The standard InChI is InChI=1S/C20H15IN4O5S/c1-22-15-7-12(14(25(29)30)9-16(15)23(2)19(22)27)8-17-18(26)24(20(28)31-17)10-11-3-5-13(21)6-4-11/h3-9H,10H2,1-2H3/b17-8-. The third-order valence-corrected chi connectivity index (χ3v) is 6.66. The molecule has 0 N–H and O–H groups in total. The second-order valence-corrected chi connectivity index (χ2v) is 9.19. The molecule has 31 heavy (non-hydrogen) atoms. The summed E-state index contributed by atoms with van der Waals surface area (Å²) >= 11 is 2.90. The lowest BCUT2D eigenvalue weighted by atomic mass is 10.1. The van der Waals surface area contributed by atoms with Gasteiger partial charge in [-0.05, 0) is 64.2 Å². The molecule has 2 amide bonds. The Labute approximate surface area is 193 Å². The van der Waals surface area contributed by atoms with Crippen molar-refractivity contribution in [3.63, 3.8) is 0 Å². The number of nitrogens with zero attached hydrogens (tertiary/aromatic N) is 4. The second-order valence-electron chi connectivity index (χ2n) is 6.95. The Hall–Kier alpha value is -2.93. The van der Waals surface area contributed by atoms with E-state index in [4.69, 9.17) is 0 Å². The van der Waals surface area contributed by atoms with Crippen LogP contribution in [0.25, 0.3) is 17.1 Å². The van der Waals surface area contributed by atoms with Crippen molar-refractivity contribution < 1.29 is 14.5 Å². The van der Waals surface area contributed by atoms with Crippen LogP contribution in [0.2, 0.25) is 0 Å². The molecule has 0 aliphatic carbocycles. The van der Waals surface area contributed by atoms with E-state index >= 15 is 0 Å². The first kappa shape index (κ1) is 21.3. The number of nitro groups is 1. The molecule has 0 radical (unpaired) electrons. The van der Waals surface area contributed by atoms with Gasteiger partial charge < -0.3 is 0 Å². The molecular weight excluding hydrogens is 535 g/mol. The molecule has 1 aliphatic heterocycles. The molecule has 0 spiro atoms. The van der Waals surface area contributed by atoms with Gasteiger partial charge in [0, 0.05) is 23.7 Å². The number of hydrogen-bond acceptors (Lipinski definition) is 6. The molecule has 4 rings (SSSR count). The molecule has 0 unspecified atom stereocenters. The Bertz CT molecular complexity index is 1360. The zero-order valence-corrected chi connectivity index (χ0v) is 19.3. The number of thioether (sulfide) groups is 1. The van der Waals surface area contributed by atoms with Gasteiger partial charge >= 0.3 is 5.69 Å². The molecule has 0 atom stereocenters. The third-order valence-electron chi connectivity index (χ3n) is 5.03. The third kappa shape index (κ3) is 3.78. The number of fused-ring (bicyclic) bond motifs is 1. The normalized spacial score (nSPS) is 15.5. The summed E-state index contributed by atoms with van der Waals surface area (Å²) < 4.78 is 3.73. The van der Waals surface area contributed by atoms with Crippen molar-refractivity contribution in [2.24, 2.45) is 14.1 Å². The first-order valence-electron chi connectivity index (χ1n) is 9.01. The SMILES string of the molecule is Cn1c(=O)n(C)c2cc([N+](=O)[O-])c(/C=C3\SC(=O)N(Cc4ccc(I)cc4)C3=O)cc21. The Balaban J connectivity index is 1.75. The van der Waals surface area contributed by atoms with E-state index in [0.29, 0.717) is 11.0 Å². The predicted molar refractivity (Wildman–Crippen MR) is 125 cm³/mol. The van der Waals surface area contributed by atoms with Gasteiger partial charge in [-0.2, -0.15) is 0 Å². The van der Waals surface area contributed by atoms with Crippen LogP contribution in [0, 0.1) is 13.7 Å². The minimum Gasteiger partial charge on any atom is -0.295 e. The molecule has 2 heterocycles. The maximum atomic E-state index is 12.8. The average molecular weight is 550 g/mol. The number of imidazole rings is 1. The quantitative estimate of drug-likeness (QED) is 0.213. The highest BCUT2D eigenvalue weighted by atomic mass is 127. The fourth-order valence-corrected chi connectivity index (χ4v) is 4.56. The molecule has 158 valence electrons. The van der Waals surface area contributed by atoms with Crippen molar-refractivity contribution in [1.82, 2.24) is 14.0 Å². The summed E-state index contributed by atoms with van der Waals surface area (Å²) in [4.78, 5) is 49.7. The van der Waals surface area contributed by atoms with Crippen molar-refractivity contribution in [3.05, 3.63) is 76.6 Å². The molecule has 0 bridgehead atoms. The number of carbonyl (C=O) groups excluding carboxylic acids is 2. The van der Waals surface area contributed by atoms with Crippen molar-refractivity contribution in [1.29, 1.82) is 0 Å². The van der Waals surface area contributed by atoms with Gasteiger partial charge in [-0.1, -0.05) is 12.1 Å². The zero-order chi connectivity index (χ0) is 22.4. The van der Waals surface area contributed by atoms with Crippen LogP contribution in [0.1, 0.15) is 11.1 Å². The number of benzene rings is 2. The van der Waals surface area contributed by atoms with Gasteiger partial charge in [0.15, 0.2) is 0 Å². The largest absolute Gasteiger partial charge is 0.328 e. The summed E-state index contributed by atoms with van der Waals surface area (Å²) in [7, 11) is 3.10. The van der Waals surface area contributed by atoms with Crippen LogP contribution in [0.4, 0.5) is 10.5 Å². The molecule has 0 saturated carbocycles. The van der Waals surface area contributed by atoms with Crippen molar-refractivity contribution >= 4 is 68.3 Å². The molecule has 11 heteroatoms. The summed E-state index contributed by atoms with van der Waals surface area (Å²) in [6, 6.07) is 10.2. The first-order valence-corrected chi connectivity index (χ1v) is 10.9.